The molecule has 23 aromatic carbocycles. The van der Waals surface area contributed by atoms with Gasteiger partial charge in [0.1, 0.15) is 17.5 Å². The van der Waals surface area contributed by atoms with Gasteiger partial charge in [-0.05, 0) is 232 Å². The molecule has 0 N–H and O–H groups in total. The number of fused-ring (bicyclic) bond motifs is 15. The van der Waals surface area contributed by atoms with E-state index in [4.69, 9.17) is 15.0 Å². The number of imidazole rings is 3. The van der Waals surface area contributed by atoms with Gasteiger partial charge in [0.2, 0.25) is 0 Å². The van der Waals surface area contributed by atoms with Crippen LogP contribution in [0.2, 0.25) is 0 Å². The van der Waals surface area contributed by atoms with E-state index >= 15 is 0 Å². The highest BCUT2D eigenvalue weighted by atomic mass is 15.1. The largest absolute Gasteiger partial charge is 0.295 e. The first-order chi connectivity index (χ1) is 68.0. The second-order valence-electron chi connectivity index (χ2n) is 36.1. The van der Waals surface area contributed by atoms with E-state index in [1.54, 1.807) is 0 Å². The van der Waals surface area contributed by atoms with Crippen LogP contribution < -0.4 is 0 Å². The van der Waals surface area contributed by atoms with Crippen molar-refractivity contribution < 1.29 is 0 Å². The number of aromatic nitrogens is 6. The minimum atomic E-state index is 0.892. The molecule has 0 saturated carbocycles. The molecule has 29 aromatic rings. The molecule has 0 aliphatic carbocycles. The summed E-state index contributed by atoms with van der Waals surface area (Å²) in [4.78, 5) is 15.3. The van der Waals surface area contributed by atoms with Crippen molar-refractivity contribution in [3.63, 3.8) is 0 Å². The van der Waals surface area contributed by atoms with Crippen LogP contribution in [0.25, 0.3) is 270 Å². The van der Waals surface area contributed by atoms with Crippen LogP contribution in [0.15, 0.2) is 479 Å². The standard InChI is InChI=1S/2C45H28N2.C41H28N2/c1-4-13-29(14-5-1)42-34-19-10-11-20-35(34)43(30-15-6-2-7-16-30)39-28-32(23-25-36(39)42)33-24-26-41-38(27-33)37-21-12-22-40-44(37)47(41)45(46-40)31-17-8-3-9-18-31;1-3-12-30(13-4-1)42-35-17-7-8-18-36(35)43(31-14-5-2-6-15-31)39-28-33(26-27-37(39)42)29-22-24-32(25-23-29)45-46-40-20-11-19-38-34-16-9-10-21-41(34)47(45)44(38)40;1-2-38-42-36-25-29(24-35-30-17-11-12-20-37(30)43(38)41(35)36)28-21-22-33-34(23-28)40(27-15-7-4-8-16-27)32-19-10-9-18-31(32)39(33)26-13-5-3-6-14-26/h2*1-28H;3-25H,2H2,1H3. The lowest BCUT2D eigenvalue weighted by Gasteiger charge is -2.18. The Morgan fingerprint density at radius 1 is 0.153 bits per heavy atom. The van der Waals surface area contributed by atoms with Crippen LogP contribution in [-0.2, 0) is 6.42 Å². The normalized spacial score (nSPS) is 11.9. The Kier molecular flexibility index (Phi) is 18.5. The summed E-state index contributed by atoms with van der Waals surface area (Å²) >= 11 is 0. The monoisotopic (exact) mass is 1740 g/mol. The second-order valence-corrected chi connectivity index (χ2v) is 36.1. The summed E-state index contributed by atoms with van der Waals surface area (Å²) in [6.07, 6.45) is 0.892. The Bertz CT molecular complexity index is 9780. The lowest BCUT2D eigenvalue weighted by atomic mass is 9.85. The zero-order chi connectivity index (χ0) is 90.3. The van der Waals surface area contributed by atoms with Crippen LogP contribution >= 0.6 is 0 Å². The van der Waals surface area contributed by atoms with Crippen LogP contribution in [0.5, 0.6) is 0 Å². The first-order valence-electron chi connectivity index (χ1n) is 47.3. The van der Waals surface area contributed by atoms with Gasteiger partial charge in [0.15, 0.2) is 0 Å². The molecule has 0 amide bonds. The Morgan fingerprint density at radius 2 is 0.409 bits per heavy atom. The van der Waals surface area contributed by atoms with Crippen molar-refractivity contribution >= 4 is 147 Å². The van der Waals surface area contributed by atoms with E-state index in [9.17, 15) is 0 Å². The molecule has 0 fully saturated rings. The van der Waals surface area contributed by atoms with Gasteiger partial charge < -0.3 is 0 Å². The molecule has 6 heterocycles. The Balaban J connectivity index is 0.000000104. The van der Waals surface area contributed by atoms with Crippen molar-refractivity contribution in [3.05, 3.63) is 485 Å². The molecular formula is C131H84N6. The molecule has 137 heavy (non-hydrogen) atoms. The maximum absolute atomic E-state index is 5.11. The summed E-state index contributed by atoms with van der Waals surface area (Å²) in [5.74, 6) is 3.08. The molecule has 0 saturated heterocycles. The SMILES string of the molecule is CCc1nc2cc(-c3ccc4c(-c5ccccc5)c5ccccc5c(-c5ccccc5)c4c3)cc3c4ccccc4n1c23.c1ccc(-c2c3ccccc3c(-c3ccccc3)c3cc(-c4ccc(-c5nc6cccc7c8ccccc8n5c67)cc4)ccc23)cc1.c1ccc(-c2c3ccccc3c(-c3ccccc3)c3cc(-c4ccc5c(c4)c4cccc6nc(-c7ccccc7)n5c64)ccc23)cc1. The highest BCUT2D eigenvalue weighted by Crippen LogP contribution is 2.52. The average molecular weight is 1740 g/mol. The fourth-order valence-corrected chi connectivity index (χ4v) is 22.6. The van der Waals surface area contributed by atoms with Gasteiger partial charge in [-0.3, -0.25) is 13.2 Å². The highest BCUT2D eigenvalue weighted by molar-refractivity contribution is 6.27. The van der Waals surface area contributed by atoms with Crippen LogP contribution in [0.3, 0.4) is 0 Å². The topological polar surface area (TPSA) is 51.9 Å². The van der Waals surface area contributed by atoms with E-state index in [2.05, 4.69) is 499 Å². The van der Waals surface area contributed by atoms with E-state index < -0.39 is 0 Å². The van der Waals surface area contributed by atoms with Gasteiger partial charge in [-0.15, -0.1) is 0 Å². The molecule has 0 atom stereocenters. The van der Waals surface area contributed by atoms with E-state index in [-0.39, 0.29) is 0 Å². The van der Waals surface area contributed by atoms with Crippen LogP contribution in [0.4, 0.5) is 0 Å². The van der Waals surface area contributed by atoms with Gasteiger partial charge in [0, 0.05) is 49.9 Å². The number of para-hydroxylation sites is 4. The number of nitrogens with zero attached hydrogens (tertiary/aromatic N) is 6. The molecule has 638 valence electrons. The molecule has 6 aromatic heterocycles. The molecular weight excluding hydrogens is 1660 g/mol. The lowest BCUT2D eigenvalue weighted by Crippen LogP contribution is -1.92. The van der Waals surface area contributed by atoms with Gasteiger partial charge in [-0.1, -0.05) is 419 Å². The summed E-state index contributed by atoms with van der Waals surface area (Å²) < 4.78 is 7.02. The molecule has 0 radical (unpaired) electrons. The fourth-order valence-electron chi connectivity index (χ4n) is 22.6. The molecule has 0 spiro atoms. The molecule has 6 heteroatoms. The Hall–Kier alpha value is -18.0. The lowest BCUT2D eigenvalue weighted by molar-refractivity contribution is 0.961. The third-order valence-corrected chi connectivity index (χ3v) is 28.5. The summed E-state index contributed by atoms with van der Waals surface area (Å²) in [5, 5.41) is 22.7. The number of hydrogen-bond acceptors (Lipinski definition) is 3. The van der Waals surface area contributed by atoms with Crippen molar-refractivity contribution in [2.75, 3.05) is 0 Å². The predicted octanol–water partition coefficient (Wildman–Crippen LogP) is 35.1. The molecule has 0 aliphatic heterocycles. The molecule has 0 aliphatic rings. The van der Waals surface area contributed by atoms with Gasteiger partial charge in [-0.25, -0.2) is 15.0 Å². The predicted molar refractivity (Wildman–Crippen MR) is 578 cm³/mol. The smallest absolute Gasteiger partial charge is 0.145 e. The van der Waals surface area contributed by atoms with E-state index in [1.165, 1.54) is 230 Å². The third kappa shape index (κ3) is 12.7. The fraction of sp³-hybridized carbons (Fsp3) is 0.0153. The maximum Gasteiger partial charge on any atom is 0.145 e. The van der Waals surface area contributed by atoms with Crippen molar-refractivity contribution in [2.45, 2.75) is 13.3 Å². The minimum absolute atomic E-state index is 0.892. The molecule has 6 nitrogen and oxygen atoms in total. The number of hydrogen-bond donors (Lipinski definition) is 0. The van der Waals surface area contributed by atoms with Crippen molar-refractivity contribution in [1.29, 1.82) is 0 Å². The van der Waals surface area contributed by atoms with Gasteiger partial charge in [-0.2, -0.15) is 0 Å². The summed E-state index contributed by atoms with van der Waals surface area (Å²) in [7, 11) is 0. The van der Waals surface area contributed by atoms with Crippen molar-refractivity contribution in [2.24, 2.45) is 0 Å². The summed E-state index contributed by atoms with van der Waals surface area (Å²) in [6.45, 7) is 2.19. The zero-order valence-corrected chi connectivity index (χ0v) is 75.0. The van der Waals surface area contributed by atoms with Gasteiger partial charge in [0.25, 0.3) is 0 Å². The Morgan fingerprint density at radius 3 is 0.803 bits per heavy atom. The van der Waals surface area contributed by atoms with Crippen LogP contribution in [-0.4, -0.2) is 28.2 Å². The number of rotatable bonds is 12. The number of aryl methyl sites for hydroxylation is 1. The van der Waals surface area contributed by atoms with E-state index in [0.29, 0.717) is 0 Å². The van der Waals surface area contributed by atoms with Crippen molar-refractivity contribution in [3.8, 4) is 123 Å². The first-order valence-corrected chi connectivity index (χ1v) is 47.3. The van der Waals surface area contributed by atoms with Gasteiger partial charge in [0.05, 0.1) is 49.7 Å². The third-order valence-electron chi connectivity index (χ3n) is 28.5. The molecule has 0 unspecified atom stereocenters. The summed E-state index contributed by atoms with van der Waals surface area (Å²) in [6, 6.07) is 174. The van der Waals surface area contributed by atoms with Crippen LogP contribution in [0, 0.1) is 0 Å². The minimum Gasteiger partial charge on any atom is -0.295 e. The van der Waals surface area contributed by atoms with Crippen LogP contribution in [0.1, 0.15) is 12.7 Å². The van der Waals surface area contributed by atoms with E-state index in [0.717, 1.165) is 51.6 Å². The van der Waals surface area contributed by atoms with Crippen molar-refractivity contribution in [1.82, 2.24) is 28.2 Å². The Labute approximate surface area is 790 Å². The van der Waals surface area contributed by atoms with Gasteiger partial charge >= 0.3 is 0 Å². The molecule has 29 rings (SSSR count). The quantitative estimate of drug-likeness (QED) is 0.115. The first kappa shape index (κ1) is 78.8. The number of benzene rings is 23. The zero-order valence-electron chi connectivity index (χ0n) is 75.0. The van der Waals surface area contributed by atoms with E-state index in [1.807, 2.05) is 0 Å². The average Bonchev–Trinajstić information content (AvgIpc) is 1.64. The molecule has 0 bridgehead atoms. The second kappa shape index (κ2) is 32.2. The highest BCUT2D eigenvalue weighted by Gasteiger charge is 2.27. The maximum atomic E-state index is 5.11. The summed E-state index contributed by atoms with van der Waals surface area (Å²) in [5.41, 5.74) is 34.8.